The number of nitrogens with zero attached hydrogens (tertiary/aromatic N) is 5. The average Bonchev–Trinajstić information content (AvgIpc) is 2.97. The molecule has 0 radical (unpaired) electrons. The molecule has 3 rings (SSSR count). The molecule has 1 aromatic heterocycles. The molecule has 0 saturated carbocycles. The zero-order valence-electron chi connectivity index (χ0n) is 14.6. The number of piperazine rings is 1. The highest BCUT2D eigenvalue weighted by atomic mass is 32.2. The molecule has 1 aromatic carbocycles. The van der Waals surface area contributed by atoms with Crippen LogP contribution in [0, 0.1) is 6.92 Å². The molecule has 2 aromatic rings. The Balaban J connectivity index is 1.54. The zero-order chi connectivity index (χ0) is 19.6. The monoisotopic (exact) mass is 400 g/mol. The van der Waals surface area contributed by atoms with Gasteiger partial charge in [-0.25, -0.2) is 4.68 Å². The van der Waals surface area contributed by atoms with Gasteiger partial charge < -0.3 is 15.6 Å². The molecule has 2 N–H and O–H groups in total. The SMILES string of the molecule is Cc1nnc(SCC(=O)N2CCN(c3cccc(C(F)(F)F)c3)CC2)n1N. The van der Waals surface area contributed by atoms with Crippen LogP contribution < -0.4 is 10.7 Å². The number of hydrogen-bond acceptors (Lipinski definition) is 6. The first-order valence-electron chi connectivity index (χ1n) is 8.25. The minimum Gasteiger partial charge on any atom is -0.368 e. The van der Waals surface area contributed by atoms with Gasteiger partial charge in [-0.3, -0.25) is 4.79 Å². The first kappa shape index (κ1) is 19.3. The van der Waals surface area contributed by atoms with Crippen molar-refractivity contribution in [2.24, 2.45) is 0 Å². The standard InChI is InChI=1S/C16H19F3N6OS/c1-11-21-22-15(25(11)20)27-10-14(26)24-7-5-23(6-8-24)13-4-2-3-12(9-13)16(17,18)19/h2-4,9H,5-8,10,20H2,1H3. The van der Waals surface area contributed by atoms with Crippen LogP contribution in [0.3, 0.4) is 0 Å². The van der Waals surface area contributed by atoms with Gasteiger partial charge in [-0.15, -0.1) is 10.2 Å². The Kier molecular flexibility index (Phi) is 5.49. The van der Waals surface area contributed by atoms with E-state index in [0.717, 1.165) is 12.1 Å². The number of rotatable bonds is 4. The number of hydrogen-bond donors (Lipinski definition) is 1. The highest BCUT2D eigenvalue weighted by molar-refractivity contribution is 7.99. The van der Waals surface area contributed by atoms with Crippen LogP contribution in [0.1, 0.15) is 11.4 Å². The molecule has 0 aliphatic carbocycles. The number of benzene rings is 1. The lowest BCUT2D eigenvalue weighted by Gasteiger charge is -2.36. The van der Waals surface area contributed by atoms with E-state index < -0.39 is 11.7 Å². The lowest BCUT2D eigenvalue weighted by atomic mass is 10.1. The van der Waals surface area contributed by atoms with E-state index in [0.29, 0.717) is 42.8 Å². The lowest BCUT2D eigenvalue weighted by molar-refractivity contribution is -0.137. The predicted octanol–water partition coefficient (Wildman–Crippen LogP) is 1.76. The average molecular weight is 400 g/mol. The van der Waals surface area contributed by atoms with Crippen molar-refractivity contribution in [3.63, 3.8) is 0 Å². The molecule has 0 bridgehead atoms. The van der Waals surface area contributed by atoms with Gasteiger partial charge in [-0.05, 0) is 25.1 Å². The number of aryl methyl sites for hydroxylation is 1. The van der Waals surface area contributed by atoms with Gasteiger partial charge in [0.05, 0.1) is 11.3 Å². The second-order valence-corrected chi connectivity index (χ2v) is 7.05. The minimum atomic E-state index is -4.37. The van der Waals surface area contributed by atoms with Gasteiger partial charge in [0.2, 0.25) is 11.1 Å². The van der Waals surface area contributed by atoms with E-state index in [-0.39, 0.29) is 11.7 Å². The van der Waals surface area contributed by atoms with Crippen LogP contribution in [0.25, 0.3) is 0 Å². The predicted molar refractivity (Wildman–Crippen MR) is 95.9 cm³/mol. The largest absolute Gasteiger partial charge is 0.416 e. The van der Waals surface area contributed by atoms with E-state index in [1.165, 1.54) is 22.5 Å². The number of amides is 1. The molecule has 1 aliphatic rings. The summed E-state index contributed by atoms with van der Waals surface area (Å²) in [6, 6.07) is 5.25. The quantitative estimate of drug-likeness (QED) is 0.622. The maximum atomic E-state index is 12.9. The van der Waals surface area contributed by atoms with Crippen LogP contribution in [-0.4, -0.2) is 57.6 Å². The smallest absolute Gasteiger partial charge is 0.368 e. The fraction of sp³-hybridized carbons (Fsp3) is 0.438. The fourth-order valence-electron chi connectivity index (χ4n) is 2.76. The van der Waals surface area contributed by atoms with E-state index in [1.54, 1.807) is 17.9 Å². The Labute approximate surface area is 158 Å². The summed E-state index contributed by atoms with van der Waals surface area (Å²) < 4.78 is 39.9. The summed E-state index contributed by atoms with van der Waals surface area (Å²) in [5, 5.41) is 8.18. The van der Waals surface area contributed by atoms with Gasteiger partial charge in [-0.2, -0.15) is 13.2 Å². The maximum absolute atomic E-state index is 12.9. The van der Waals surface area contributed by atoms with Gasteiger partial charge in [0.25, 0.3) is 0 Å². The van der Waals surface area contributed by atoms with E-state index in [4.69, 9.17) is 5.84 Å². The minimum absolute atomic E-state index is 0.0654. The molecule has 146 valence electrons. The molecule has 11 heteroatoms. The van der Waals surface area contributed by atoms with Crippen LogP contribution in [0.5, 0.6) is 0 Å². The molecule has 1 aliphatic heterocycles. The topological polar surface area (TPSA) is 80.3 Å². The molecule has 1 amide bonds. The molecule has 1 saturated heterocycles. The Hall–Kier alpha value is -2.43. The van der Waals surface area contributed by atoms with Crippen molar-refractivity contribution in [3.05, 3.63) is 35.7 Å². The van der Waals surface area contributed by atoms with Crippen LogP contribution in [0.4, 0.5) is 18.9 Å². The molecular weight excluding hydrogens is 381 g/mol. The molecule has 2 heterocycles. The number of carbonyl (C=O) groups is 1. The van der Waals surface area contributed by atoms with Gasteiger partial charge in [0.1, 0.15) is 5.82 Å². The molecule has 0 spiro atoms. The first-order chi connectivity index (χ1) is 12.8. The Morgan fingerprint density at radius 1 is 1.22 bits per heavy atom. The lowest BCUT2D eigenvalue weighted by Crippen LogP contribution is -2.49. The first-order valence-corrected chi connectivity index (χ1v) is 9.24. The number of alkyl halides is 3. The molecule has 27 heavy (non-hydrogen) atoms. The van der Waals surface area contributed by atoms with Crippen molar-refractivity contribution in [1.29, 1.82) is 0 Å². The Morgan fingerprint density at radius 2 is 1.93 bits per heavy atom. The van der Waals surface area contributed by atoms with Crippen LogP contribution in [0.15, 0.2) is 29.4 Å². The zero-order valence-corrected chi connectivity index (χ0v) is 15.4. The third-order valence-electron chi connectivity index (χ3n) is 4.33. The van der Waals surface area contributed by atoms with Crippen molar-refractivity contribution in [2.45, 2.75) is 18.3 Å². The molecule has 7 nitrogen and oxygen atoms in total. The summed E-state index contributed by atoms with van der Waals surface area (Å²) in [5.41, 5.74) is -0.158. The number of nitrogen functional groups attached to an aromatic ring is 1. The van der Waals surface area contributed by atoms with Gasteiger partial charge in [0, 0.05) is 31.9 Å². The van der Waals surface area contributed by atoms with Crippen molar-refractivity contribution in [1.82, 2.24) is 19.8 Å². The Bertz CT molecular complexity index is 817. The summed E-state index contributed by atoms with van der Waals surface area (Å²) in [6.45, 7) is 3.56. The van der Waals surface area contributed by atoms with Crippen LogP contribution >= 0.6 is 11.8 Å². The maximum Gasteiger partial charge on any atom is 0.416 e. The Morgan fingerprint density at radius 3 is 2.52 bits per heavy atom. The second kappa shape index (κ2) is 7.67. The van der Waals surface area contributed by atoms with Gasteiger partial charge >= 0.3 is 6.18 Å². The van der Waals surface area contributed by atoms with E-state index >= 15 is 0 Å². The summed E-state index contributed by atoms with van der Waals surface area (Å²) >= 11 is 1.21. The van der Waals surface area contributed by atoms with Crippen molar-refractivity contribution >= 4 is 23.4 Å². The van der Waals surface area contributed by atoms with Crippen LogP contribution in [0.2, 0.25) is 0 Å². The van der Waals surface area contributed by atoms with Crippen LogP contribution in [-0.2, 0) is 11.0 Å². The van der Waals surface area contributed by atoms with E-state index in [9.17, 15) is 18.0 Å². The van der Waals surface area contributed by atoms with Gasteiger partial charge in [0.15, 0.2) is 0 Å². The molecule has 1 fully saturated rings. The molecular formula is C16H19F3N6OS. The third-order valence-corrected chi connectivity index (χ3v) is 5.26. The number of aromatic nitrogens is 3. The molecule has 0 unspecified atom stereocenters. The van der Waals surface area contributed by atoms with E-state index in [1.807, 2.05) is 4.90 Å². The highest BCUT2D eigenvalue weighted by Crippen LogP contribution is 2.31. The van der Waals surface area contributed by atoms with E-state index in [2.05, 4.69) is 10.2 Å². The highest BCUT2D eigenvalue weighted by Gasteiger charge is 2.31. The second-order valence-electron chi connectivity index (χ2n) is 6.10. The van der Waals surface area contributed by atoms with Crippen molar-refractivity contribution in [2.75, 3.05) is 42.7 Å². The number of nitrogens with two attached hydrogens (primary N) is 1. The number of thioether (sulfide) groups is 1. The summed E-state index contributed by atoms with van der Waals surface area (Å²) in [5.74, 6) is 6.42. The van der Waals surface area contributed by atoms with Gasteiger partial charge in [-0.1, -0.05) is 17.8 Å². The number of anilines is 1. The normalized spacial score (nSPS) is 15.3. The third kappa shape index (κ3) is 4.46. The summed E-state index contributed by atoms with van der Waals surface area (Å²) in [4.78, 5) is 15.9. The summed E-state index contributed by atoms with van der Waals surface area (Å²) in [7, 11) is 0. The number of halogens is 3. The number of carbonyl (C=O) groups excluding carboxylic acids is 1. The fourth-order valence-corrected chi connectivity index (χ4v) is 3.56. The summed E-state index contributed by atoms with van der Waals surface area (Å²) in [6.07, 6.45) is -4.37. The van der Waals surface area contributed by atoms with Crippen molar-refractivity contribution < 1.29 is 18.0 Å². The van der Waals surface area contributed by atoms with Crippen molar-refractivity contribution in [3.8, 4) is 0 Å². The molecule has 0 atom stereocenters.